The average Bonchev–Trinajstić information content (AvgIpc) is 3.10. The van der Waals surface area contributed by atoms with Crippen molar-refractivity contribution in [2.24, 2.45) is 0 Å². The lowest BCUT2D eigenvalue weighted by Crippen LogP contribution is -2.25. The second kappa shape index (κ2) is 8.70. The molecule has 0 bridgehead atoms. The van der Waals surface area contributed by atoms with Crippen LogP contribution >= 0.6 is 9.24 Å². The Balaban J connectivity index is 1.98. The summed E-state index contributed by atoms with van der Waals surface area (Å²) in [7, 11) is 1.34. The summed E-state index contributed by atoms with van der Waals surface area (Å²) >= 11 is 0. The minimum atomic E-state index is -4.47. The van der Waals surface area contributed by atoms with Crippen molar-refractivity contribution in [3.05, 3.63) is 52.4 Å². The summed E-state index contributed by atoms with van der Waals surface area (Å²) in [6, 6.07) is 6.42. The molecule has 0 aliphatic rings. The highest BCUT2D eigenvalue weighted by atomic mass is 31.0. The van der Waals surface area contributed by atoms with E-state index in [1.54, 1.807) is 0 Å². The molecule has 0 radical (unpaired) electrons. The van der Waals surface area contributed by atoms with Crippen LogP contribution in [0.2, 0.25) is 0 Å². The van der Waals surface area contributed by atoms with E-state index in [1.165, 1.54) is 40.4 Å². The Morgan fingerprint density at radius 1 is 1.13 bits per heavy atom. The molecule has 0 amide bonds. The van der Waals surface area contributed by atoms with Gasteiger partial charge in [-0.15, -0.1) is 0 Å². The van der Waals surface area contributed by atoms with Gasteiger partial charge in [0.1, 0.15) is 17.3 Å². The van der Waals surface area contributed by atoms with E-state index >= 15 is 0 Å². The number of aryl methyl sites for hydroxylation is 2. The first-order valence-corrected chi connectivity index (χ1v) is 9.39. The van der Waals surface area contributed by atoms with Crippen LogP contribution in [0, 0.1) is 6.92 Å². The SMILES string of the molecule is Cc1nc(-c2cc(=O)n(-c3ccc(OCC(F)(F)P)cc3)c(CCC(F)(F)F)n2)no1. The number of alkyl halides is 5. The number of halogens is 5. The third-order valence-corrected chi connectivity index (χ3v) is 4.07. The molecule has 3 rings (SSSR count). The van der Waals surface area contributed by atoms with Gasteiger partial charge in [-0.3, -0.25) is 9.36 Å². The van der Waals surface area contributed by atoms with Crippen molar-refractivity contribution in [3.63, 3.8) is 0 Å². The number of hydrogen-bond donors (Lipinski definition) is 0. The van der Waals surface area contributed by atoms with Gasteiger partial charge in [0, 0.05) is 19.4 Å². The fraction of sp³-hybridized carbons (Fsp3) is 0.333. The average molecular weight is 462 g/mol. The lowest BCUT2D eigenvalue weighted by atomic mass is 10.2. The summed E-state index contributed by atoms with van der Waals surface area (Å²) in [4.78, 5) is 20.8. The van der Waals surface area contributed by atoms with E-state index in [2.05, 4.69) is 15.1 Å². The molecule has 7 nitrogen and oxygen atoms in total. The molecular formula is C18H16F5N4O3P. The van der Waals surface area contributed by atoms with Gasteiger partial charge in [0.15, 0.2) is 6.61 Å². The van der Waals surface area contributed by atoms with E-state index in [0.29, 0.717) is 0 Å². The fourth-order valence-electron chi connectivity index (χ4n) is 2.62. The highest BCUT2D eigenvalue weighted by Gasteiger charge is 2.28. The Morgan fingerprint density at radius 3 is 2.35 bits per heavy atom. The summed E-state index contributed by atoms with van der Waals surface area (Å²) in [5, 5.41) is 3.63. The van der Waals surface area contributed by atoms with Crippen molar-refractivity contribution in [3.8, 4) is 23.0 Å². The largest absolute Gasteiger partial charge is 0.487 e. The molecule has 0 aliphatic heterocycles. The van der Waals surface area contributed by atoms with Crippen LogP contribution < -0.4 is 10.3 Å². The number of ether oxygens (including phenoxy) is 1. The number of aromatic nitrogens is 4. The first-order valence-electron chi connectivity index (χ1n) is 8.82. The van der Waals surface area contributed by atoms with Crippen molar-refractivity contribution in [2.75, 3.05) is 6.61 Å². The Hall–Kier alpha value is -2.88. The quantitative estimate of drug-likeness (QED) is 0.391. The molecule has 1 aromatic carbocycles. The van der Waals surface area contributed by atoms with Crippen molar-refractivity contribution >= 4 is 9.24 Å². The van der Waals surface area contributed by atoms with Gasteiger partial charge >= 0.3 is 6.18 Å². The third kappa shape index (κ3) is 6.30. The summed E-state index contributed by atoms with van der Waals surface area (Å²) in [6.07, 6.45) is -6.26. The van der Waals surface area contributed by atoms with Crippen molar-refractivity contribution in [1.82, 2.24) is 19.7 Å². The van der Waals surface area contributed by atoms with Gasteiger partial charge in [-0.2, -0.15) is 26.9 Å². The van der Waals surface area contributed by atoms with E-state index in [9.17, 15) is 26.7 Å². The van der Waals surface area contributed by atoms with Crippen LogP contribution in [-0.4, -0.2) is 38.1 Å². The molecule has 0 spiro atoms. The molecule has 0 saturated carbocycles. The minimum absolute atomic E-state index is 0.0297. The highest BCUT2D eigenvalue weighted by Crippen LogP contribution is 2.25. The van der Waals surface area contributed by atoms with Crippen LogP contribution in [0.5, 0.6) is 5.75 Å². The van der Waals surface area contributed by atoms with Gasteiger partial charge in [-0.05, 0) is 24.3 Å². The zero-order valence-corrected chi connectivity index (χ0v) is 17.1. The van der Waals surface area contributed by atoms with Crippen LogP contribution in [0.25, 0.3) is 17.2 Å². The molecule has 0 fully saturated rings. The predicted octanol–water partition coefficient (Wildman–Crippen LogP) is 3.93. The first-order chi connectivity index (χ1) is 14.4. The van der Waals surface area contributed by atoms with Crippen molar-refractivity contribution in [1.29, 1.82) is 0 Å². The Morgan fingerprint density at radius 2 is 1.81 bits per heavy atom. The summed E-state index contributed by atoms with van der Waals surface area (Å²) < 4.78 is 75.0. The van der Waals surface area contributed by atoms with Gasteiger partial charge in [-0.1, -0.05) is 14.4 Å². The van der Waals surface area contributed by atoms with Crippen LogP contribution in [-0.2, 0) is 6.42 Å². The molecule has 13 heteroatoms. The smallest absolute Gasteiger partial charge is 0.389 e. The molecule has 2 heterocycles. The molecule has 1 atom stereocenters. The fourth-order valence-corrected chi connectivity index (χ4v) is 2.70. The minimum Gasteiger partial charge on any atom is -0.487 e. The van der Waals surface area contributed by atoms with Gasteiger partial charge in [0.2, 0.25) is 11.7 Å². The van der Waals surface area contributed by atoms with Crippen LogP contribution in [0.15, 0.2) is 39.6 Å². The molecule has 1 unspecified atom stereocenters. The Kier molecular flexibility index (Phi) is 6.40. The van der Waals surface area contributed by atoms with E-state index in [4.69, 9.17) is 9.26 Å². The van der Waals surface area contributed by atoms with Crippen molar-refractivity contribution in [2.45, 2.75) is 31.6 Å². The lowest BCUT2D eigenvalue weighted by molar-refractivity contribution is -0.134. The molecule has 2 aromatic heterocycles. The number of nitrogens with zero attached hydrogens (tertiary/aromatic N) is 4. The maximum atomic E-state index is 12.9. The second-order valence-corrected chi connectivity index (χ2v) is 7.37. The molecule has 0 N–H and O–H groups in total. The molecule has 166 valence electrons. The van der Waals surface area contributed by atoms with Crippen LogP contribution in [0.3, 0.4) is 0 Å². The highest BCUT2D eigenvalue weighted by molar-refractivity contribution is 7.18. The zero-order valence-electron chi connectivity index (χ0n) is 16.0. The Bertz CT molecular complexity index is 1110. The maximum absolute atomic E-state index is 12.9. The molecule has 0 saturated heterocycles. The van der Waals surface area contributed by atoms with E-state index < -0.39 is 36.8 Å². The molecule has 0 aliphatic carbocycles. The topological polar surface area (TPSA) is 83.0 Å². The molecule has 3 aromatic rings. The predicted molar refractivity (Wildman–Crippen MR) is 102 cm³/mol. The zero-order chi connectivity index (χ0) is 22.8. The first kappa shape index (κ1) is 22.8. The van der Waals surface area contributed by atoms with Crippen molar-refractivity contribution < 1.29 is 31.2 Å². The maximum Gasteiger partial charge on any atom is 0.389 e. The van der Waals surface area contributed by atoms with Gasteiger partial charge in [-0.25, -0.2) is 4.98 Å². The third-order valence-electron chi connectivity index (χ3n) is 3.90. The summed E-state index contributed by atoms with van der Waals surface area (Å²) in [5.74, 6) is 0.0941. The normalized spacial score (nSPS) is 12.2. The van der Waals surface area contributed by atoms with Gasteiger partial charge in [0.25, 0.3) is 11.2 Å². The van der Waals surface area contributed by atoms with E-state index in [1.807, 2.05) is 0 Å². The van der Waals surface area contributed by atoms with E-state index in [0.717, 1.165) is 10.6 Å². The lowest BCUT2D eigenvalue weighted by Gasteiger charge is -2.15. The number of benzene rings is 1. The Labute approximate surface area is 174 Å². The van der Waals surface area contributed by atoms with Crippen LogP contribution in [0.1, 0.15) is 18.1 Å². The standard InChI is InChI=1S/C18H16F5N4O3P/c1-10-24-16(26-30-10)13-8-15(28)27(14(25-13)6-7-17(19,20)21)11-2-4-12(5-3-11)29-9-18(22,23)31/h2-5,8H,6-7,9,31H2,1H3. The number of hydrogen-bond acceptors (Lipinski definition) is 6. The monoisotopic (exact) mass is 462 g/mol. The summed E-state index contributed by atoms with van der Waals surface area (Å²) in [5.41, 5.74) is -3.63. The summed E-state index contributed by atoms with van der Waals surface area (Å²) in [6.45, 7) is 0.632. The molecule has 31 heavy (non-hydrogen) atoms. The van der Waals surface area contributed by atoms with Gasteiger partial charge in [0.05, 0.1) is 12.1 Å². The van der Waals surface area contributed by atoms with E-state index in [-0.39, 0.29) is 34.7 Å². The number of rotatable bonds is 7. The van der Waals surface area contributed by atoms with Gasteiger partial charge < -0.3 is 9.26 Å². The van der Waals surface area contributed by atoms with Crippen LogP contribution in [0.4, 0.5) is 22.0 Å². The second-order valence-electron chi connectivity index (χ2n) is 6.53. The molecular weight excluding hydrogens is 446 g/mol.